The van der Waals surface area contributed by atoms with Crippen LogP contribution in [0, 0.1) is 34.0 Å². The van der Waals surface area contributed by atoms with E-state index in [1.165, 1.54) is 0 Å². The molecule has 27 heavy (non-hydrogen) atoms. The van der Waals surface area contributed by atoms with E-state index in [1.807, 2.05) is 19.9 Å². The molecule has 1 amide bonds. The molecule has 1 atom stereocenters. The van der Waals surface area contributed by atoms with Crippen LogP contribution in [0.15, 0.2) is 11.6 Å². The van der Waals surface area contributed by atoms with Crippen LogP contribution in [0.25, 0.3) is 0 Å². The Morgan fingerprint density at radius 1 is 1.26 bits per heavy atom. The number of amides is 1. The number of Topliss-reactive ketones (excluding diaryl/α,β-unsaturated/α-hetero) is 1. The first-order chi connectivity index (χ1) is 12.5. The Hall–Kier alpha value is -1.84. The van der Waals surface area contributed by atoms with Crippen molar-refractivity contribution in [3.63, 3.8) is 0 Å². The molecule has 0 unspecified atom stereocenters. The summed E-state index contributed by atoms with van der Waals surface area (Å²) in [5.41, 5.74) is -0.878. The summed E-state index contributed by atoms with van der Waals surface area (Å²) in [6, 6.07) is 1.99. The summed E-state index contributed by atoms with van der Waals surface area (Å²) in [5.74, 6) is -1.88. The van der Waals surface area contributed by atoms with Gasteiger partial charge < -0.3 is 4.90 Å². The molecule has 4 nitrogen and oxygen atoms in total. The zero-order chi connectivity index (χ0) is 20.0. The Labute approximate surface area is 157 Å². The van der Waals surface area contributed by atoms with E-state index >= 15 is 0 Å². The maximum Gasteiger partial charge on any atom is 0.391 e. The average molecular weight is 382 g/mol. The van der Waals surface area contributed by atoms with E-state index in [-0.39, 0.29) is 54.3 Å². The SMILES string of the molecule is CC1(C)C[C@@]2(C=C(C#N)C1=O)CCN(C(=O)[C@H]1CC[C@H](C(F)(F)F)CC1)C2. The molecule has 1 saturated heterocycles. The highest BCUT2D eigenvalue weighted by atomic mass is 19.4. The molecule has 2 aliphatic carbocycles. The maximum atomic E-state index is 12.9. The fourth-order valence-electron chi connectivity index (χ4n) is 5.10. The summed E-state index contributed by atoms with van der Waals surface area (Å²) in [4.78, 5) is 26.9. The van der Waals surface area contributed by atoms with Crippen molar-refractivity contribution in [2.45, 2.75) is 58.5 Å². The Balaban J connectivity index is 1.68. The second kappa shape index (κ2) is 6.65. The van der Waals surface area contributed by atoms with Gasteiger partial charge >= 0.3 is 6.18 Å². The van der Waals surface area contributed by atoms with E-state index in [0.717, 1.165) is 0 Å². The first-order valence-corrected chi connectivity index (χ1v) is 9.51. The molecule has 0 aromatic heterocycles. The van der Waals surface area contributed by atoms with E-state index in [2.05, 4.69) is 0 Å². The van der Waals surface area contributed by atoms with Crippen LogP contribution < -0.4 is 0 Å². The largest absolute Gasteiger partial charge is 0.391 e. The number of alkyl halides is 3. The highest BCUT2D eigenvalue weighted by Gasteiger charge is 2.50. The number of likely N-dealkylation sites (tertiary alicyclic amines) is 1. The van der Waals surface area contributed by atoms with Gasteiger partial charge in [0.05, 0.1) is 11.5 Å². The van der Waals surface area contributed by atoms with Gasteiger partial charge in [0.1, 0.15) is 6.07 Å². The number of carbonyl (C=O) groups excluding carboxylic acids is 2. The minimum absolute atomic E-state index is 0.0128. The lowest BCUT2D eigenvalue weighted by Gasteiger charge is -2.39. The third-order valence-corrected chi connectivity index (χ3v) is 6.46. The molecule has 0 N–H and O–H groups in total. The number of allylic oxidation sites excluding steroid dienone is 1. The van der Waals surface area contributed by atoms with Crippen LogP contribution in [0.4, 0.5) is 13.2 Å². The van der Waals surface area contributed by atoms with E-state index in [0.29, 0.717) is 25.9 Å². The van der Waals surface area contributed by atoms with Crippen LogP contribution in [0.1, 0.15) is 52.4 Å². The van der Waals surface area contributed by atoms with Gasteiger partial charge in [0.15, 0.2) is 5.78 Å². The second-order valence-electron chi connectivity index (χ2n) is 9.02. The standard InChI is InChI=1S/C20H25F3N2O2/c1-18(2)11-19(9-14(10-24)16(18)26)7-8-25(12-19)17(27)13-3-5-15(6-4-13)20(21,22)23/h9,13,15H,3-8,11-12H2,1-2H3/t13-,15-,19-/m0/s1. The van der Waals surface area contributed by atoms with Crippen molar-refractivity contribution in [1.29, 1.82) is 5.26 Å². The van der Waals surface area contributed by atoms with E-state index in [4.69, 9.17) is 0 Å². The molecule has 1 spiro atoms. The van der Waals surface area contributed by atoms with Gasteiger partial charge in [0.2, 0.25) is 5.91 Å². The lowest BCUT2D eigenvalue weighted by Crippen LogP contribution is -2.42. The molecule has 148 valence electrons. The molecular formula is C20H25F3N2O2. The number of hydrogen-bond acceptors (Lipinski definition) is 3. The summed E-state index contributed by atoms with van der Waals surface area (Å²) >= 11 is 0. The fraction of sp³-hybridized carbons (Fsp3) is 0.750. The fourth-order valence-corrected chi connectivity index (χ4v) is 5.10. The third kappa shape index (κ3) is 3.76. The van der Waals surface area contributed by atoms with E-state index in [1.54, 1.807) is 11.0 Å². The molecule has 2 fully saturated rings. The van der Waals surface area contributed by atoms with Gasteiger partial charge in [-0.15, -0.1) is 0 Å². The Kier molecular flexibility index (Phi) is 4.90. The highest BCUT2D eigenvalue weighted by molar-refractivity contribution is 6.03. The topological polar surface area (TPSA) is 61.2 Å². The molecule has 0 radical (unpaired) electrons. The van der Waals surface area contributed by atoms with Crippen molar-refractivity contribution in [3.05, 3.63) is 11.6 Å². The minimum Gasteiger partial charge on any atom is -0.342 e. The Morgan fingerprint density at radius 2 is 1.89 bits per heavy atom. The molecule has 1 aliphatic heterocycles. The lowest BCUT2D eigenvalue weighted by atomic mass is 9.64. The molecule has 1 heterocycles. The van der Waals surface area contributed by atoms with Crippen LogP contribution in [0.5, 0.6) is 0 Å². The van der Waals surface area contributed by atoms with Gasteiger partial charge in [0, 0.05) is 29.8 Å². The van der Waals surface area contributed by atoms with Crippen LogP contribution in [0.3, 0.4) is 0 Å². The number of ketones is 1. The smallest absolute Gasteiger partial charge is 0.342 e. The predicted octanol–water partition coefficient (Wildman–Crippen LogP) is 4.02. The molecule has 3 rings (SSSR count). The van der Waals surface area contributed by atoms with Crippen LogP contribution in [-0.4, -0.2) is 35.9 Å². The second-order valence-corrected chi connectivity index (χ2v) is 9.02. The summed E-state index contributed by atoms with van der Waals surface area (Å²) in [7, 11) is 0. The number of carbonyl (C=O) groups is 2. The average Bonchev–Trinajstić information content (AvgIpc) is 2.99. The number of rotatable bonds is 1. The van der Waals surface area contributed by atoms with Crippen molar-refractivity contribution >= 4 is 11.7 Å². The normalized spacial score (nSPS) is 33.7. The van der Waals surface area contributed by atoms with Crippen molar-refractivity contribution in [3.8, 4) is 6.07 Å². The molecule has 0 bridgehead atoms. The molecule has 0 aromatic rings. The van der Waals surface area contributed by atoms with Crippen molar-refractivity contribution in [2.24, 2.45) is 22.7 Å². The maximum absolute atomic E-state index is 12.9. The van der Waals surface area contributed by atoms with Gasteiger partial charge in [-0.25, -0.2) is 0 Å². The molecule has 3 aliphatic rings. The predicted molar refractivity (Wildman–Crippen MR) is 92.2 cm³/mol. The van der Waals surface area contributed by atoms with Crippen molar-refractivity contribution in [2.75, 3.05) is 13.1 Å². The van der Waals surface area contributed by atoms with Crippen LogP contribution in [0.2, 0.25) is 0 Å². The number of hydrogen-bond donors (Lipinski definition) is 0. The summed E-state index contributed by atoms with van der Waals surface area (Å²) < 4.78 is 38.5. The van der Waals surface area contributed by atoms with Gasteiger partial charge in [-0.2, -0.15) is 18.4 Å². The molecule has 7 heteroatoms. The number of halogens is 3. The quantitative estimate of drug-likeness (QED) is 0.688. The Bertz CT molecular complexity index is 712. The summed E-state index contributed by atoms with van der Waals surface area (Å²) in [6.45, 7) is 4.61. The van der Waals surface area contributed by atoms with Gasteiger partial charge in [0.25, 0.3) is 0 Å². The lowest BCUT2D eigenvalue weighted by molar-refractivity contribution is -0.185. The number of nitriles is 1. The summed E-state index contributed by atoms with van der Waals surface area (Å²) in [6.07, 6.45) is -0.616. The first-order valence-electron chi connectivity index (χ1n) is 9.51. The molecular weight excluding hydrogens is 357 g/mol. The van der Waals surface area contributed by atoms with Crippen LogP contribution in [-0.2, 0) is 9.59 Å². The molecule has 0 aromatic carbocycles. The Morgan fingerprint density at radius 3 is 2.44 bits per heavy atom. The van der Waals surface area contributed by atoms with Crippen molar-refractivity contribution in [1.82, 2.24) is 4.90 Å². The van der Waals surface area contributed by atoms with Crippen molar-refractivity contribution < 1.29 is 22.8 Å². The van der Waals surface area contributed by atoms with Gasteiger partial charge in [-0.3, -0.25) is 9.59 Å². The first kappa shape index (κ1) is 19.9. The van der Waals surface area contributed by atoms with Gasteiger partial charge in [-0.05, 0) is 38.5 Å². The summed E-state index contributed by atoms with van der Waals surface area (Å²) in [5, 5.41) is 9.30. The molecule has 1 saturated carbocycles. The highest BCUT2D eigenvalue weighted by Crippen LogP contribution is 2.48. The van der Waals surface area contributed by atoms with Crippen LogP contribution >= 0.6 is 0 Å². The monoisotopic (exact) mass is 382 g/mol. The van der Waals surface area contributed by atoms with Gasteiger partial charge in [-0.1, -0.05) is 19.9 Å². The van der Waals surface area contributed by atoms with E-state index < -0.39 is 17.5 Å². The zero-order valence-electron chi connectivity index (χ0n) is 15.7. The number of nitrogens with zero attached hydrogens (tertiary/aromatic N) is 2. The zero-order valence-corrected chi connectivity index (χ0v) is 15.7. The third-order valence-electron chi connectivity index (χ3n) is 6.46. The minimum atomic E-state index is -4.18. The van der Waals surface area contributed by atoms with E-state index in [9.17, 15) is 28.0 Å².